The van der Waals surface area contributed by atoms with E-state index in [0.29, 0.717) is 6.10 Å². The lowest BCUT2D eigenvalue weighted by atomic mass is 10.2. The topological polar surface area (TPSA) is 24.5 Å². The van der Waals surface area contributed by atoms with Gasteiger partial charge in [-0.2, -0.15) is 0 Å². The third kappa shape index (κ3) is 3.89. The molecule has 0 aromatic carbocycles. The molecule has 0 aromatic heterocycles. The van der Waals surface area contributed by atoms with Crippen molar-refractivity contribution in [3.05, 3.63) is 12.2 Å². The van der Waals surface area contributed by atoms with Crippen LogP contribution in [0.5, 0.6) is 0 Å². The van der Waals surface area contributed by atoms with Crippen LogP contribution in [0.4, 0.5) is 0 Å². The highest BCUT2D eigenvalue weighted by Crippen LogP contribution is 2.03. The van der Waals surface area contributed by atoms with Gasteiger partial charge in [0, 0.05) is 26.2 Å². The Balaban J connectivity index is 2.24. The zero-order valence-electron chi connectivity index (χ0n) is 8.62. The molecule has 0 amide bonds. The molecule has 0 radical (unpaired) electrons. The van der Waals surface area contributed by atoms with E-state index >= 15 is 0 Å². The number of allylic oxidation sites excluding steroid dienone is 1. The lowest BCUT2D eigenvalue weighted by Gasteiger charge is -2.32. The Bertz CT molecular complexity index is 157. The van der Waals surface area contributed by atoms with Crippen LogP contribution in [0.2, 0.25) is 0 Å². The number of morpholine rings is 1. The van der Waals surface area contributed by atoms with Crippen molar-refractivity contribution in [1.82, 2.24) is 10.2 Å². The maximum Gasteiger partial charge on any atom is 0.0826 e. The molecule has 1 fully saturated rings. The fourth-order valence-electron chi connectivity index (χ4n) is 1.55. The SMILES string of the molecule is C/C=C/CN1CCOC(CNC)C1. The van der Waals surface area contributed by atoms with E-state index < -0.39 is 0 Å². The fraction of sp³-hybridized carbons (Fsp3) is 0.800. The minimum Gasteiger partial charge on any atom is -0.374 e. The molecule has 0 aliphatic carbocycles. The molecule has 13 heavy (non-hydrogen) atoms. The maximum atomic E-state index is 5.60. The van der Waals surface area contributed by atoms with Gasteiger partial charge in [0.25, 0.3) is 0 Å². The summed E-state index contributed by atoms with van der Waals surface area (Å²) < 4.78 is 5.60. The van der Waals surface area contributed by atoms with E-state index in [1.807, 2.05) is 7.05 Å². The highest BCUT2D eigenvalue weighted by atomic mass is 16.5. The van der Waals surface area contributed by atoms with Gasteiger partial charge in [0.2, 0.25) is 0 Å². The number of hydrogen-bond donors (Lipinski definition) is 1. The van der Waals surface area contributed by atoms with Gasteiger partial charge in [-0.15, -0.1) is 0 Å². The molecule has 0 bridgehead atoms. The maximum absolute atomic E-state index is 5.60. The van der Waals surface area contributed by atoms with Crippen LogP contribution in [0.1, 0.15) is 6.92 Å². The second-order valence-corrected chi connectivity index (χ2v) is 3.38. The summed E-state index contributed by atoms with van der Waals surface area (Å²) in [6, 6.07) is 0. The van der Waals surface area contributed by atoms with E-state index in [1.54, 1.807) is 0 Å². The number of hydrogen-bond acceptors (Lipinski definition) is 3. The van der Waals surface area contributed by atoms with Crippen molar-refractivity contribution in [2.45, 2.75) is 13.0 Å². The number of ether oxygens (including phenoxy) is 1. The van der Waals surface area contributed by atoms with Crippen molar-refractivity contribution in [1.29, 1.82) is 0 Å². The van der Waals surface area contributed by atoms with Gasteiger partial charge in [0.1, 0.15) is 0 Å². The standard InChI is InChI=1S/C10H20N2O/c1-3-4-5-12-6-7-13-10(9-12)8-11-2/h3-4,10-11H,5-9H2,1-2H3/b4-3+. The first-order valence-corrected chi connectivity index (χ1v) is 4.96. The number of likely N-dealkylation sites (N-methyl/N-ethyl adjacent to an activating group) is 1. The van der Waals surface area contributed by atoms with Gasteiger partial charge in [-0.1, -0.05) is 12.2 Å². The normalized spacial score (nSPS) is 25.5. The first-order valence-electron chi connectivity index (χ1n) is 4.96. The second-order valence-electron chi connectivity index (χ2n) is 3.38. The Kier molecular flexibility index (Phi) is 5.05. The average Bonchev–Trinajstić information content (AvgIpc) is 2.16. The summed E-state index contributed by atoms with van der Waals surface area (Å²) in [7, 11) is 1.97. The molecule has 1 N–H and O–H groups in total. The molecule has 1 unspecified atom stereocenters. The zero-order chi connectivity index (χ0) is 9.52. The first-order chi connectivity index (χ1) is 6.36. The number of rotatable bonds is 4. The average molecular weight is 184 g/mol. The highest BCUT2D eigenvalue weighted by molar-refractivity contribution is 4.83. The van der Waals surface area contributed by atoms with Gasteiger partial charge in [0.15, 0.2) is 0 Å². The van der Waals surface area contributed by atoms with Gasteiger partial charge < -0.3 is 10.1 Å². The van der Waals surface area contributed by atoms with Gasteiger partial charge in [0.05, 0.1) is 12.7 Å². The summed E-state index contributed by atoms with van der Waals surface area (Å²) in [4.78, 5) is 2.42. The Labute approximate surface area is 80.8 Å². The van der Waals surface area contributed by atoms with E-state index in [9.17, 15) is 0 Å². The predicted molar refractivity (Wildman–Crippen MR) is 54.9 cm³/mol. The summed E-state index contributed by atoms with van der Waals surface area (Å²) >= 11 is 0. The molecule has 76 valence electrons. The Hall–Kier alpha value is -0.380. The Morgan fingerprint density at radius 3 is 3.15 bits per heavy atom. The molecule has 0 spiro atoms. The van der Waals surface area contributed by atoms with Crippen LogP contribution in [0.3, 0.4) is 0 Å². The highest BCUT2D eigenvalue weighted by Gasteiger charge is 2.18. The monoisotopic (exact) mass is 184 g/mol. The van der Waals surface area contributed by atoms with Crippen LogP contribution >= 0.6 is 0 Å². The molecule has 1 aliphatic rings. The fourth-order valence-corrected chi connectivity index (χ4v) is 1.55. The largest absolute Gasteiger partial charge is 0.374 e. The molecule has 0 aromatic rings. The lowest BCUT2D eigenvalue weighted by Crippen LogP contribution is -2.46. The van der Waals surface area contributed by atoms with Gasteiger partial charge >= 0.3 is 0 Å². The third-order valence-corrected chi connectivity index (χ3v) is 2.25. The molecule has 1 atom stereocenters. The van der Waals surface area contributed by atoms with Crippen LogP contribution in [-0.4, -0.2) is 50.8 Å². The lowest BCUT2D eigenvalue weighted by molar-refractivity contribution is -0.0223. The van der Waals surface area contributed by atoms with E-state index in [2.05, 4.69) is 29.3 Å². The third-order valence-electron chi connectivity index (χ3n) is 2.25. The molecule has 1 aliphatic heterocycles. The van der Waals surface area contributed by atoms with Crippen LogP contribution in [0.25, 0.3) is 0 Å². The minimum atomic E-state index is 0.365. The smallest absolute Gasteiger partial charge is 0.0826 e. The van der Waals surface area contributed by atoms with Crippen molar-refractivity contribution >= 4 is 0 Å². The van der Waals surface area contributed by atoms with E-state index in [-0.39, 0.29) is 0 Å². The molecule has 1 saturated heterocycles. The van der Waals surface area contributed by atoms with Gasteiger partial charge in [-0.25, -0.2) is 0 Å². The molecule has 0 saturated carbocycles. The van der Waals surface area contributed by atoms with E-state index in [1.165, 1.54) is 0 Å². The van der Waals surface area contributed by atoms with Crippen molar-refractivity contribution in [3.8, 4) is 0 Å². The predicted octanol–water partition coefficient (Wildman–Crippen LogP) is 0.483. The van der Waals surface area contributed by atoms with Crippen molar-refractivity contribution in [3.63, 3.8) is 0 Å². The molecule has 3 nitrogen and oxygen atoms in total. The molecular formula is C10H20N2O. The van der Waals surface area contributed by atoms with Gasteiger partial charge in [-0.05, 0) is 14.0 Å². The molecule has 1 heterocycles. The van der Waals surface area contributed by atoms with Crippen LogP contribution < -0.4 is 5.32 Å². The summed E-state index contributed by atoms with van der Waals surface area (Å²) in [5.74, 6) is 0. The molecule has 1 rings (SSSR count). The van der Waals surface area contributed by atoms with Crippen molar-refractivity contribution in [2.24, 2.45) is 0 Å². The molecule has 3 heteroatoms. The first kappa shape index (κ1) is 10.7. The zero-order valence-corrected chi connectivity index (χ0v) is 8.62. The minimum absolute atomic E-state index is 0.365. The van der Waals surface area contributed by atoms with Crippen LogP contribution in [-0.2, 0) is 4.74 Å². The quantitative estimate of drug-likeness (QED) is 0.643. The summed E-state index contributed by atoms with van der Waals surface area (Å²) in [6.07, 6.45) is 4.66. The summed E-state index contributed by atoms with van der Waals surface area (Å²) in [6.45, 7) is 7.04. The van der Waals surface area contributed by atoms with Crippen LogP contribution in [0.15, 0.2) is 12.2 Å². The van der Waals surface area contributed by atoms with Crippen molar-refractivity contribution in [2.75, 3.05) is 39.8 Å². The number of nitrogens with zero attached hydrogens (tertiary/aromatic N) is 1. The second kappa shape index (κ2) is 6.13. The van der Waals surface area contributed by atoms with Crippen LogP contribution in [0, 0.1) is 0 Å². The Morgan fingerprint density at radius 1 is 1.62 bits per heavy atom. The summed E-state index contributed by atoms with van der Waals surface area (Å²) in [5, 5.41) is 3.14. The van der Waals surface area contributed by atoms with E-state index in [4.69, 9.17) is 4.74 Å². The van der Waals surface area contributed by atoms with Crippen molar-refractivity contribution < 1.29 is 4.74 Å². The Morgan fingerprint density at radius 2 is 2.46 bits per heavy atom. The molecular weight excluding hydrogens is 164 g/mol. The summed E-state index contributed by atoms with van der Waals surface area (Å²) in [5.41, 5.74) is 0. The number of nitrogens with one attached hydrogen (secondary N) is 1. The van der Waals surface area contributed by atoms with E-state index in [0.717, 1.165) is 32.8 Å². The van der Waals surface area contributed by atoms with Gasteiger partial charge in [-0.3, -0.25) is 4.90 Å².